The van der Waals surface area contributed by atoms with Crippen LogP contribution in [-0.2, 0) is 41.3 Å². The average Bonchev–Trinajstić information content (AvgIpc) is 2.71. The number of nitrogens with two attached hydrogens (primary N) is 3. The zero-order chi connectivity index (χ0) is 56.5. The molecular weight excluding hydrogens is 990 g/mol. The van der Waals surface area contributed by atoms with Gasteiger partial charge in [0, 0.05) is 49.2 Å². The first-order valence-electron chi connectivity index (χ1n) is 28.2. The van der Waals surface area contributed by atoms with E-state index >= 15 is 0 Å². The second-order valence-corrected chi connectivity index (χ2v) is 22.8. The van der Waals surface area contributed by atoms with Gasteiger partial charge in [0.15, 0.2) is 5.60 Å². The number of carbonyl (C=O) groups is 5. The van der Waals surface area contributed by atoms with Gasteiger partial charge >= 0.3 is 12.8 Å². The molecule has 6 bridgehead atoms. The molecule has 2 heterocycles. The lowest BCUT2D eigenvalue weighted by molar-refractivity contribution is -0.226. The van der Waals surface area contributed by atoms with E-state index in [1.807, 2.05) is 32.0 Å². The molecule has 19 heteroatoms. The number of nitrogens with zero attached hydrogens (tertiary/aromatic N) is 2. The summed E-state index contributed by atoms with van der Waals surface area (Å²) in [5.74, 6) is -2.32. The van der Waals surface area contributed by atoms with Gasteiger partial charge in [0.2, 0.25) is 23.6 Å². The van der Waals surface area contributed by atoms with Gasteiger partial charge in [-0.25, -0.2) is 0 Å². The maximum atomic E-state index is 15.0. The van der Waals surface area contributed by atoms with Crippen LogP contribution in [0.1, 0.15) is 144 Å². The maximum absolute atomic E-state index is 15.0. The van der Waals surface area contributed by atoms with Crippen LogP contribution in [0.25, 0.3) is 16.0 Å². The number of unbranched alkanes of at least 4 members (excludes halogenated alkanes) is 5. The van der Waals surface area contributed by atoms with Gasteiger partial charge in [0.25, 0.3) is 12.5 Å². The van der Waals surface area contributed by atoms with Crippen LogP contribution in [0.15, 0.2) is 54.6 Å². The van der Waals surface area contributed by atoms with Gasteiger partial charge in [-0.3, -0.25) is 24.0 Å². The molecule has 3 saturated carbocycles. The Hall–Kier alpha value is -6.04. The Kier molecular flexibility index (Phi) is 19.7. The van der Waals surface area contributed by atoms with E-state index in [-0.39, 0.29) is 57.0 Å². The van der Waals surface area contributed by atoms with E-state index < -0.39 is 78.1 Å². The van der Waals surface area contributed by atoms with Crippen molar-refractivity contribution < 1.29 is 42.8 Å². The standard InChI is InChI=1S/C59H84BN9O9/c1-10-11-12-13-14-15-17-39-19-22-43(36(2)30-39)53(71)67-46(18-16-25-61)56(74)69(9)51-41-21-24-49(76-29-27-63)45(33-41)44-31-40(20-23-48(44)75-28-26-62)32-47(68-52(70)37(3)65-55(51)73)54(72)66-38(4)60-77-58(7)50-34-42(57(50,5)6)35-59(58,64-8)78-60/h8,19-24,30-31,33,37-38,42,46-47,50-51H,10-18,25-29,32,34-35,61-63H2,1-7,9H3,(H3-,65,66,67,68,70,71,72,73)/p+1/t37-,38-,42-,46-,47-,50-,51-,58-,59+/m0/s1. The molecule has 0 unspecified atom stereocenters. The van der Waals surface area contributed by atoms with Crippen LogP contribution in [0.2, 0.25) is 0 Å². The highest BCUT2D eigenvalue weighted by Crippen LogP contribution is 2.69. The maximum Gasteiger partial charge on any atom is 0.487 e. The SMILES string of the molecule is C#[N+][C@@]12C[C@@H]3C[C@@H](C3(C)C)[C@]1(C)OB([C@H](C)NC(=O)[C@@H]1Cc3ccc(OCCN)c(c3)-c3cc(ccc3OCCN)[C@H](N(C)C(=O)[C@H](CCCN)NC(=O)c3ccc(CCCCCCCC)cc3C)C(=O)N[C@@H](C)C(=O)N1)O2. The summed E-state index contributed by atoms with van der Waals surface area (Å²) in [5, 5.41) is 11.8. The molecule has 5 amide bonds. The smallest absolute Gasteiger partial charge is 0.487 e. The highest BCUT2D eigenvalue weighted by atomic mass is 16.7. The molecule has 4 fully saturated rings. The first-order valence-corrected chi connectivity index (χ1v) is 28.2. The number of fused-ring (bicyclic) bond motifs is 5. The van der Waals surface area contributed by atoms with Gasteiger partial charge in [-0.1, -0.05) is 77.1 Å². The third kappa shape index (κ3) is 12.7. The van der Waals surface area contributed by atoms with E-state index in [9.17, 15) is 24.0 Å². The Balaban J connectivity index is 1.20. The van der Waals surface area contributed by atoms with Crippen LogP contribution >= 0.6 is 0 Å². The lowest BCUT2D eigenvalue weighted by atomic mass is 9.42. The number of nitrogens with one attached hydrogen (secondary N) is 4. The number of ether oxygens (including phenoxy) is 2. The summed E-state index contributed by atoms with van der Waals surface area (Å²) < 4.78 is 25.8. The van der Waals surface area contributed by atoms with Crippen LogP contribution < -0.4 is 47.9 Å². The van der Waals surface area contributed by atoms with Crippen LogP contribution in [-0.4, -0.2) is 117 Å². The molecule has 2 aliphatic heterocycles. The molecule has 0 aromatic heterocycles. The number of carbonyl (C=O) groups excluding carboxylic acids is 5. The van der Waals surface area contributed by atoms with Crippen molar-refractivity contribution in [2.75, 3.05) is 39.9 Å². The van der Waals surface area contributed by atoms with Crippen LogP contribution in [0.3, 0.4) is 0 Å². The van der Waals surface area contributed by atoms with Gasteiger partial charge in [0.1, 0.15) is 48.9 Å². The van der Waals surface area contributed by atoms with Gasteiger partial charge in [-0.2, -0.15) is 0 Å². The van der Waals surface area contributed by atoms with Crippen LogP contribution in [0, 0.1) is 30.7 Å². The summed E-state index contributed by atoms with van der Waals surface area (Å²) in [6.45, 7) is 20.9. The molecule has 18 nitrogen and oxygen atoms in total. The second kappa shape index (κ2) is 25.8. The van der Waals surface area contributed by atoms with E-state index in [1.54, 1.807) is 43.3 Å². The lowest BCUT2D eigenvalue weighted by Crippen LogP contribution is -2.70. The van der Waals surface area contributed by atoms with Crippen molar-refractivity contribution in [1.82, 2.24) is 26.2 Å². The van der Waals surface area contributed by atoms with E-state index in [1.165, 1.54) is 44.6 Å². The molecule has 10 N–H and O–H groups in total. The molecular formula is C59H85BN9O9+. The van der Waals surface area contributed by atoms with Gasteiger partial charge in [-0.05, 0) is 135 Å². The normalized spacial score (nSPS) is 24.9. The van der Waals surface area contributed by atoms with Gasteiger partial charge in [0.05, 0.1) is 12.4 Å². The molecule has 8 rings (SSSR count). The first-order chi connectivity index (χ1) is 37.3. The summed E-state index contributed by atoms with van der Waals surface area (Å²) in [4.78, 5) is 78.7. The van der Waals surface area contributed by atoms with E-state index in [4.69, 9.17) is 42.6 Å². The Morgan fingerprint density at radius 3 is 2.21 bits per heavy atom. The Bertz CT molecular complexity index is 2700. The van der Waals surface area contributed by atoms with E-state index in [2.05, 4.69) is 46.9 Å². The number of benzene rings is 3. The topological polar surface area (TPSA) is 256 Å². The van der Waals surface area contributed by atoms with E-state index in [0.717, 1.165) is 36.8 Å². The summed E-state index contributed by atoms with van der Waals surface area (Å²) in [7, 11) is 0.579. The minimum atomic E-state index is -1.37. The summed E-state index contributed by atoms with van der Waals surface area (Å²) in [6.07, 6.45) is 10.1. The van der Waals surface area contributed by atoms with Crippen molar-refractivity contribution >= 4 is 36.7 Å². The first kappa shape index (κ1) is 59.6. The Morgan fingerprint density at radius 2 is 1.55 bits per heavy atom. The molecule has 78 heavy (non-hydrogen) atoms. The predicted octanol–water partition coefficient (Wildman–Crippen LogP) is 5.89. The number of hydrogen-bond donors (Lipinski definition) is 7. The number of amides is 5. The van der Waals surface area contributed by atoms with Crippen LogP contribution in [0.4, 0.5) is 0 Å². The lowest BCUT2D eigenvalue weighted by Gasteiger charge is -2.63. The highest BCUT2D eigenvalue weighted by molar-refractivity contribution is 6.48. The monoisotopic (exact) mass is 1070 g/mol. The summed E-state index contributed by atoms with van der Waals surface area (Å²) in [5.41, 5.74) is 20.3. The van der Waals surface area contributed by atoms with Crippen molar-refractivity contribution in [2.45, 2.75) is 167 Å². The van der Waals surface area contributed by atoms with Crippen molar-refractivity contribution in [3.8, 4) is 29.2 Å². The summed E-state index contributed by atoms with van der Waals surface area (Å²) >= 11 is 0. The Labute approximate surface area is 461 Å². The molecule has 9 atom stereocenters. The highest BCUT2D eigenvalue weighted by Gasteiger charge is 2.81. The fourth-order valence-corrected chi connectivity index (χ4v) is 12.2. The molecule has 3 aromatic carbocycles. The molecule has 0 radical (unpaired) electrons. The van der Waals surface area contributed by atoms with Gasteiger partial charge < -0.3 is 62.2 Å². The number of rotatable bonds is 23. The van der Waals surface area contributed by atoms with E-state index in [0.29, 0.717) is 58.1 Å². The zero-order valence-electron chi connectivity index (χ0n) is 47.2. The summed E-state index contributed by atoms with van der Waals surface area (Å²) in [6, 6.07) is 11.5. The minimum Gasteiger partial charge on any atom is -0.492 e. The second-order valence-electron chi connectivity index (χ2n) is 22.8. The molecule has 422 valence electrons. The quantitative estimate of drug-likeness (QED) is 0.0434. The fraction of sp³-hybridized carbons (Fsp3) is 0.593. The zero-order valence-corrected chi connectivity index (χ0v) is 47.2. The third-order valence-corrected chi connectivity index (χ3v) is 17.0. The fourth-order valence-electron chi connectivity index (χ4n) is 12.2. The third-order valence-electron chi connectivity index (χ3n) is 17.0. The van der Waals surface area contributed by atoms with Crippen molar-refractivity contribution in [3.63, 3.8) is 0 Å². The average molecular weight is 1080 g/mol. The molecule has 3 aliphatic carbocycles. The van der Waals surface area contributed by atoms with Gasteiger partial charge in [-0.15, -0.1) is 0 Å². The molecule has 1 saturated heterocycles. The number of aryl methyl sites for hydroxylation is 2. The van der Waals surface area contributed by atoms with Crippen molar-refractivity contribution in [3.05, 3.63) is 87.3 Å². The molecule has 3 aromatic rings. The molecule has 0 spiro atoms. The minimum absolute atomic E-state index is 0.00708. The Morgan fingerprint density at radius 1 is 0.872 bits per heavy atom. The van der Waals surface area contributed by atoms with Crippen LogP contribution in [0.5, 0.6) is 11.5 Å². The predicted molar refractivity (Wildman–Crippen MR) is 302 cm³/mol. The largest absolute Gasteiger partial charge is 0.492 e. The van der Waals surface area contributed by atoms with Crippen molar-refractivity contribution in [1.29, 1.82) is 0 Å². The number of likely N-dealkylation sites (N-methyl/N-ethyl adjacent to an activating group) is 1. The molecule has 5 aliphatic rings. The number of hydrogen-bond acceptors (Lipinski definition) is 12. The van der Waals surface area contributed by atoms with Crippen molar-refractivity contribution in [2.24, 2.45) is 34.5 Å².